The summed E-state index contributed by atoms with van der Waals surface area (Å²) >= 11 is 0. The molecule has 0 unspecified atom stereocenters. The van der Waals surface area contributed by atoms with Gasteiger partial charge in [0.15, 0.2) is 0 Å². The lowest BCUT2D eigenvalue weighted by molar-refractivity contribution is -0.676. The summed E-state index contributed by atoms with van der Waals surface area (Å²) in [6.45, 7) is 10.9. The zero-order chi connectivity index (χ0) is 29.4. The molecule has 2 aromatic carbocycles. The van der Waals surface area contributed by atoms with Crippen LogP contribution in [0, 0.1) is 11.8 Å². The zero-order valence-corrected chi connectivity index (χ0v) is 25.6. The zero-order valence-electron chi connectivity index (χ0n) is 25.6. The third-order valence-electron chi connectivity index (χ3n) is 9.56. The van der Waals surface area contributed by atoms with Crippen LogP contribution < -0.4 is 10.6 Å². The lowest BCUT2D eigenvalue weighted by Gasteiger charge is -2.48. The quantitative estimate of drug-likeness (QED) is 0.355. The normalized spacial score (nSPS) is 21.5. The Labute approximate surface area is 247 Å². The molecule has 6 heteroatoms. The monoisotopic (exact) mass is 562 g/mol. The molecule has 0 aromatic heterocycles. The van der Waals surface area contributed by atoms with Crippen molar-refractivity contribution in [2.45, 2.75) is 109 Å². The highest BCUT2D eigenvalue weighted by Gasteiger charge is 2.42. The van der Waals surface area contributed by atoms with E-state index in [0.29, 0.717) is 31.2 Å². The Morgan fingerprint density at radius 2 is 1.80 bits per heavy atom. The number of piperidine rings is 1. The first-order valence-electron chi connectivity index (χ1n) is 15.9. The predicted molar refractivity (Wildman–Crippen MR) is 164 cm³/mol. The number of quaternary nitrogens is 1. The van der Waals surface area contributed by atoms with Crippen LogP contribution in [0.2, 0.25) is 0 Å². The fourth-order valence-electron chi connectivity index (χ4n) is 6.82. The van der Waals surface area contributed by atoms with Crippen LogP contribution in [-0.4, -0.2) is 52.6 Å². The highest BCUT2D eigenvalue weighted by Crippen LogP contribution is 2.40. The van der Waals surface area contributed by atoms with E-state index in [4.69, 9.17) is 0 Å². The molecule has 2 amide bonds. The van der Waals surface area contributed by atoms with Crippen molar-refractivity contribution in [1.82, 2.24) is 10.2 Å². The summed E-state index contributed by atoms with van der Waals surface area (Å²) in [5.41, 5.74) is 3.42. The summed E-state index contributed by atoms with van der Waals surface area (Å²) in [6.07, 6.45) is 6.28. The minimum Gasteiger partial charge on any atom is -0.385 e. The summed E-state index contributed by atoms with van der Waals surface area (Å²) < 4.78 is 0. The first-order valence-corrected chi connectivity index (χ1v) is 15.9. The van der Waals surface area contributed by atoms with Gasteiger partial charge in [-0.05, 0) is 81.4 Å². The molecule has 2 aromatic rings. The number of carbonyl (C=O) groups excluding carboxylic acids is 2. The molecule has 1 aliphatic carbocycles. The van der Waals surface area contributed by atoms with E-state index in [0.717, 1.165) is 57.2 Å². The minimum absolute atomic E-state index is 0.0417. The number of carbonyl (C=O) groups is 2. The van der Waals surface area contributed by atoms with Gasteiger partial charge in [-0.2, -0.15) is 0 Å². The van der Waals surface area contributed by atoms with Crippen LogP contribution in [0.25, 0.3) is 0 Å². The number of likely N-dealkylation sites (tertiary alicyclic amines) is 1. The van der Waals surface area contributed by atoms with Crippen LogP contribution in [0.3, 0.4) is 0 Å². The van der Waals surface area contributed by atoms with E-state index in [9.17, 15) is 14.7 Å². The second kappa shape index (κ2) is 14.5. The lowest BCUT2D eigenvalue weighted by Crippen LogP contribution is -2.85. The summed E-state index contributed by atoms with van der Waals surface area (Å²) in [5.74, 6) is 0.977. The molecular weight excluding hydrogens is 510 g/mol. The number of hydrogen-bond donors (Lipinski definition) is 3. The predicted octanol–water partition coefficient (Wildman–Crippen LogP) is 4.56. The maximum Gasteiger partial charge on any atom is 0.223 e. The molecule has 2 aliphatic rings. The Bertz CT molecular complexity index is 1130. The van der Waals surface area contributed by atoms with Gasteiger partial charge in [0.2, 0.25) is 11.8 Å². The van der Waals surface area contributed by atoms with Crippen molar-refractivity contribution in [2.24, 2.45) is 11.8 Å². The second-order valence-corrected chi connectivity index (χ2v) is 13.2. The van der Waals surface area contributed by atoms with Crippen molar-refractivity contribution < 1.29 is 20.0 Å². The van der Waals surface area contributed by atoms with E-state index in [1.54, 1.807) is 0 Å². The SMILES string of the molecule is CC(C)c1cccc(C[NH2+]C[C@@H](O)[C@H](Cc2ccccc2)NC(=O)[C@@H]2CCC[C@H](C(C)(C)N3CCCCC3=O)C2)c1. The Kier molecular flexibility index (Phi) is 11.0. The lowest BCUT2D eigenvalue weighted by atomic mass is 9.71. The fraction of sp³-hybridized carbons (Fsp3) is 0.600. The molecule has 0 bridgehead atoms. The topological polar surface area (TPSA) is 86.2 Å². The summed E-state index contributed by atoms with van der Waals surface area (Å²) in [4.78, 5) is 28.5. The molecule has 0 radical (unpaired) electrons. The van der Waals surface area contributed by atoms with Crippen LogP contribution in [-0.2, 0) is 22.6 Å². The number of nitrogens with two attached hydrogens (primary N) is 1. The summed E-state index contributed by atoms with van der Waals surface area (Å²) in [7, 11) is 0. The van der Waals surface area contributed by atoms with Crippen molar-refractivity contribution in [1.29, 1.82) is 0 Å². The van der Waals surface area contributed by atoms with E-state index in [-0.39, 0.29) is 29.3 Å². The highest BCUT2D eigenvalue weighted by atomic mass is 16.3. The average molecular weight is 563 g/mol. The molecule has 1 heterocycles. The van der Waals surface area contributed by atoms with Crippen molar-refractivity contribution >= 4 is 11.8 Å². The van der Waals surface area contributed by atoms with E-state index in [2.05, 4.69) is 79.6 Å². The van der Waals surface area contributed by atoms with Crippen LogP contribution in [0.15, 0.2) is 54.6 Å². The standard InChI is InChI=1S/C35H51N3O3/c1-25(2)28-15-10-14-27(20-28)23-36-24-32(39)31(21-26-12-6-5-7-13-26)37-34(41)29-16-11-17-30(22-29)35(3,4)38-19-9-8-18-33(38)40/h5-7,10,12-15,20,25,29-32,36,39H,8-9,11,16-19,21-24H2,1-4H3,(H,37,41)/p+1/t29-,30+,31+,32-/m1/s1. The maximum absolute atomic E-state index is 13.7. The number of nitrogens with zero attached hydrogens (tertiary/aromatic N) is 1. The van der Waals surface area contributed by atoms with Gasteiger partial charge in [-0.3, -0.25) is 9.59 Å². The Morgan fingerprint density at radius 1 is 1.05 bits per heavy atom. The molecule has 4 rings (SSSR count). The average Bonchev–Trinajstić information content (AvgIpc) is 2.97. The molecule has 224 valence electrons. The fourth-order valence-corrected chi connectivity index (χ4v) is 6.82. The van der Waals surface area contributed by atoms with Gasteiger partial charge in [0, 0.05) is 30.0 Å². The van der Waals surface area contributed by atoms with E-state index in [1.165, 1.54) is 11.1 Å². The number of amides is 2. The van der Waals surface area contributed by atoms with Gasteiger partial charge in [-0.15, -0.1) is 0 Å². The number of benzene rings is 2. The van der Waals surface area contributed by atoms with Gasteiger partial charge >= 0.3 is 0 Å². The van der Waals surface area contributed by atoms with Gasteiger partial charge < -0.3 is 20.6 Å². The van der Waals surface area contributed by atoms with Crippen LogP contribution in [0.5, 0.6) is 0 Å². The molecule has 1 saturated heterocycles. The first-order chi connectivity index (χ1) is 19.6. The third kappa shape index (κ3) is 8.42. The van der Waals surface area contributed by atoms with Crippen molar-refractivity contribution in [3.05, 3.63) is 71.3 Å². The molecular formula is C35H52N3O3+. The Morgan fingerprint density at radius 3 is 2.54 bits per heavy atom. The highest BCUT2D eigenvalue weighted by molar-refractivity contribution is 5.79. The smallest absolute Gasteiger partial charge is 0.223 e. The number of rotatable bonds is 12. The van der Waals surface area contributed by atoms with Gasteiger partial charge in [0.05, 0.1) is 6.04 Å². The van der Waals surface area contributed by atoms with Crippen molar-refractivity contribution in [3.8, 4) is 0 Å². The van der Waals surface area contributed by atoms with E-state index in [1.807, 2.05) is 18.2 Å². The molecule has 41 heavy (non-hydrogen) atoms. The van der Waals surface area contributed by atoms with Gasteiger partial charge in [-0.25, -0.2) is 0 Å². The van der Waals surface area contributed by atoms with Crippen LogP contribution >= 0.6 is 0 Å². The number of hydrogen-bond acceptors (Lipinski definition) is 3. The molecule has 4 atom stereocenters. The second-order valence-electron chi connectivity index (χ2n) is 13.2. The Hall–Kier alpha value is -2.70. The van der Waals surface area contributed by atoms with Crippen molar-refractivity contribution in [2.75, 3.05) is 13.1 Å². The van der Waals surface area contributed by atoms with Gasteiger partial charge in [0.1, 0.15) is 19.2 Å². The maximum atomic E-state index is 13.7. The summed E-state index contributed by atoms with van der Waals surface area (Å²) in [5, 5.41) is 16.7. The molecule has 6 nitrogen and oxygen atoms in total. The molecule has 2 fully saturated rings. The number of aliphatic hydroxyl groups excluding tert-OH is 1. The summed E-state index contributed by atoms with van der Waals surface area (Å²) in [6, 6.07) is 18.4. The minimum atomic E-state index is -0.672. The van der Waals surface area contributed by atoms with E-state index < -0.39 is 6.10 Å². The molecule has 0 spiro atoms. The first kappa shape index (κ1) is 31.2. The molecule has 1 aliphatic heterocycles. The third-order valence-corrected chi connectivity index (χ3v) is 9.56. The van der Waals surface area contributed by atoms with Crippen LogP contribution in [0.4, 0.5) is 0 Å². The van der Waals surface area contributed by atoms with Gasteiger partial charge in [-0.1, -0.05) is 68.8 Å². The molecule has 4 N–H and O–H groups in total. The van der Waals surface area contributed by atoms with Crippen molar-refractivity contribution in [3.63, 3.8) is 0 Å². The molecule has 1 saturated carbocycles. The Balaban J connectivity index is 1.39. The van der Waals surface area contributed by atoms with Crippen LogP contribution in [0.1, 0.15) is 95.2 Å². The number of aliphatic hydroxyl groups is 1. The number of nitrogens with one attached hydrogen (secondary N) is 1. The van der Waals surface area contributed by atoms with E-state index >= 15 is 0 Å². The van der Waals surface area contributed by atoms with Gasteiger partial charge in [0.25, 0.3) is 0 Å². The largest absolute Gasteiger partial charge is 0.385 e.